The minimum atomic E-state index is -1.06. The van der Waals surface area contributed by atoms with Crippen LogP contribution in [-0.4, -0.2) is 35.0 Å². The van der Waals surface area contributed by atoms with Gasteiger partial charge in [0.15, 0.2) is 10.9 Å². The van der Waals surface area contributed by atoms with Gasteiger partial charge in [-0.25, -0.2) is 4.79 Å². The summed E-state index contributed by atoms with van der Waals surface area (Å²) in [6.07, 6.45) is 1.70. The number of amides is 1. The number of anilines is 1. The van der Waals surface area contributed by atoms with Gasteiger partial charge in [-0.3, -0.25) is 9.69 Å². The first kappa shape index (κ1) is 18.9. The van der Waals surface area contributed by atoms with E-state index < -0.39 is 12.6 Å². The average Bonchev–Trinajstić information content (AvgIpc) is 2.93. The fourth-order valence-electron chi connectivity index (χ4n) is 2.43. The monoisotopic (exact) mass is 401 g/mol. The number of hydrogen-bond acceptors (Lipinski definition) is 6. The fraction of sp³-hybridized carbons (Fsp3) is 0.105. The summed E-state index contributed by atoms with van der Waals surface area (Å²) in [5, 5.41) is 8.70. The van der Waals surface area contributed by atoms with Gasteiger partial charge in [0, 0.05) is 6.07 Å². The third-order valence-corrected chi connectivity index (χ3v) is 4.93. The first-order valence-electron chi connectivity index (χ1n) is 7.84. The average molecular weight is 401 g/mol. The van der Waals surface area contributed by atoms with E-state index in [1.165, 1.54) is 16.7 Å². The van der Waals surface area contributed by atoms with Gasteiger partial charge < -0.3 is 14.6 Å². The molecule has 1 heterocycles. The van der Waals surface area contributed by atoms with Crippen molar-refractivity contribution < 1.29 is 24.2 Å². The lowest BCUT2D eigenvalue weighted by molar-refractivity contribution is -0.139. The fourth-order valence-corrected chi connectivity index (χ4v) is 3.73. The van der Waals surface area contributed by atoms with Crippen molar-refractivity contribution in [2.24, 2.45) is 0 Å². The molecule has 6 nitrogen and oxygen atoms in total. The topological polar surface area (TPSA) is 76.1 Å². The zero-order valence-corrected chi connectivity index (χ0v) is 15.9. The zero-order valence-electron chi connectivity index (χ0n) is 14.2. The number of carbonyl (C=O) groups is 2. The molecule has 138 valence electrons. The van der Waals surface area contributed by atoms with E-state index >= 15 is 0 Å². The van der Waals surface area contributed by atoms with Gasteiger partial charge in [0.1, 0.15) is 11.5 Å². The summed E-state index contributed by atoms with van der Waals surface area (Å²) in [6.45, 7) is -0.429. The van der Waals surface area contributed by atoms with Crippen LogP contribution >= 0.6 is 24.0 Å². The predicted molar refractivity (Wildman–Crippen MR) is 108 cm³/mol. The Hall–Kier alpha value is -2.84. The van der Waals surface area contributed by atoms with Crippen LogP contribution in [0.15, 0.2) is 53.4 Å². The SMILES string of the molecule is COc1cccc(N2C(=O)/C(=C\c3cccc(OCC(=O)O)c3)SC2=S)c1. The van der Waals surface area contributed by atoms with Gasteiger partial charge in [-0.2, -0.15) is 0 Å². The number of nitrogens with zero attached hydrogens (tertiary/aromatic N) is 1. The second kappa shape index (κ2) is 8.24. The molecule has 0 saturated carbocycles. The lowest BCUT2D eigenvalue weighted by Crippen LogP contribution is -2.27. The van der Waals surface area contributed by atoms with Crippen molar-refractivity contribution in [1.82, 2.24) is 0 Å². The molecule has 2 aromatic carbocycles. The summed E-state index contributed by atoms with van der Waals surface area (Å²) in [5.41, 5.74) is 1.35. The van der Waals surface area contributed by atoms with Crippen LogP contribution in [0, 0.1) is 0 Å². The second-order valence-electron chi connectivity index (χ2n) is 5.47. The Balaban J connectivity index is 1.84. The molecule has 0 spiro atoms. The van der Waals surface area contributed by atoms with Crippen molar-refractivity contribution in [1.29, 1.82) is 0 Å². The van der Waals surface area contributed by atoms with Crippen molar-refractivity contribution in [2.45, 2.75) is 0 Å². The first-order valence-corrected chi connectivity index (χ1v) is 9.07. The van der Waals surface area contributed by atoms with Gasteiger partial charge in [0.2, 0.25) is 0 Å². The number of benzene rings is 2. The van der Waals surface area contributed by atoms with E-state index in [0.29, 0.717) is 32.0 Å². The van der Waals surface area contributed by atoms with E-state index in [-0.39, 0.29) is 5.91 Å². The molecule has 1 N–H and O–H groups in total. The third kappa shape index (κ3) is 4.47. The summed E-state index contributed by atoms with van der Waals surface area (Å²) in [5.74, 6) is -0.238. The number of aliphatic carboxylic acids is 1. The highest BCUT2D eigenvalue weighted by molar-refractivity contribution is 8.27. The number of carboxylic acid groups (broad SMARTS) is 1. The van der Waals surface area contributed by atoms with Gasteiger partial charge in [0.05, 0.1) is 17.7 Å². The summed E-state index contributed by atoms with van der Waals surface area (Å²) in [4.78, 5) is 25.4. The highest BCUT2D eigenvalue weighted by Crippen LogP contribution is 2.37. The molecular formula is C19H15NO5S2. The number of methoxy groups -OCH3 is 1. The molecule has 1 amide bonds. The Morgan fingerprint density at radius 1 is 1.22 bits per heavy atom. The molecule has 1 saturated heterocycles. The van der Waals surface area contributed by atoms with Gasteiger partial charge in [0.25, 0.3) is 5.91 Å². The van der Waals surface area contributed by atoms with Gasteiger partial charge >= 0.3 is 5.97 Å². The van der Waals surface area contributed by atoms with Crippen LogP contribution < -0.4 is 14.4 Å². The maximum absolute atomic E-state index is 12.8. The zero-order chi connectivity index (χ0) is 19.4. The van der Waals surface area contributed by atoms with E-state index in [9.17, 15) is 9.59 Å². The van der Waals surface area contributed by atoms with E-state index in [1.54, 1.807) is 61.7 Å². The first-order chi connectivity index (χ1) is 13.0. The van der Waals surface area contributed by atoms with E-state index in [2.05, 4.69) is 0 Å². The molecule has 0 aromatic heterocycles. The van der Waals surface area contributed by atoms with Crippen molar-refractivity contribution in [2.75, 3.05) is 18.6 Å². The number of carbonyl (C=O) groups excluding carboxylic acids is 1. The highest BCUT2D eigenvalue weighted by atomic mass is 32.2. The molecule has 8 heteroatoms. The molecule has 0 aliphatic carbocycles. The van der Waals surface area contributed by atoms with Gasteiger partial charge in [-0.1, -0.05) is 42.2 Å². The van der Waals surface area contributed by atoms with Crippen molar-refractivity contribution in [3.63, 3.8) is 0 Å². The Kier molecular flexibility index (Phi) is 5.78. The maximum atomic E-state index is 12.8. The van der Waals surface area contributed by atoms with Gasteiger partial charge in [-0.05, 0) is 35.9 Å². The summed E-state index contributed by atoms with van der Waals surface area (Å²) in [6, 6.07) is 14.0. The van der Waals surface area contributed by atoms with Crippen LogP contribution in [0.2, 0.25) is 0 Å². The Labute approximate surface area is 165 Å². The number of carboxylic acids is 1. The van der Waals surface area contributed by atoms with Crippen LogP contribution in [0.25, 0.3) is 6.08 Å². The number of hydrogen-bond donors (Lipinski definition) is 1. The van der Waals surface area contributed by atoms with Crippen LogP contribution in [0.1, 0.15) is 5.56 Å². The molecule has 2 aromatic rings. The van der Waals surface area contributed by atoms with Gasteiger partial charge in [-0.15, -0.1) is 0 Å². The molecule has 27 heavy (non-hydrogen) atoms. The Bertz CT molecular complexity index is 941. The molecule has 0 bridgehead atoms. The van der Waals surface area contributed by atoms with Crippen molar-refractivity contribution >= 4 is 51.9 Å². The van der Waals surface area contributed by atoms with Crippen LogP contribution in [0.3, 0.4) is 0 Å². The Morgan fingerprint density at radius 3 is 2.70 bits per heavy atom. The number of ether oxygens (including phenoxy) is 2. The lowest BCUT2D eigenvalue weighted by atomic mass is 10.2. The molecule has 0 unspecified atom stereocenters. The van der Waals surface area contributed by atoms with Crippen LogP contribution in [0.4, 0.5) is 5.69 Å². The molecule has 1 aliphatic rings. The van der Waals surface area contributed by atoms with Crippen molar-refractivity contribution in [3.8, 4) is 11.5 Å². The quantitative estimate of drug-likeness (QED) is 0.586. The third-order valence-electron chi connectivity index (χ3n) is 3.62. The molecule has 0 radical (unpaired) electrons. The maximum Gasteiger partial charge on any atom is 0.341 e. The summed E-state index contributed by atoms with van der Waals surface area (Å²) >= 11 is 6.57. The smallest absolute Gasteiger partial charge is 0.341 e. The molecule has 0 atom stereocenters. The Morgan fingerprint density at radius 2 is 1.96 bits per heavy atom. The number of rotatable bonds is 6. The normalized spacial score (nSPS) is 15.3. The molecule has 3 rings (SSSR count). The standard InChI is InChI=1S/C19H15NO5S2/c1-24-14-6-3-5-13(10-14)20-18(23)16(27-19(20)26)9-12-4-2-7-15(8-12)25-11-17(21)22/h2-10H,11H2,1H3,(H,21,22)/b16-9+. The number of thioether (sulfide) groups is 1. The molecular weight excluding hydrogens is 386 g/mol. The van der Waals surface area contributed by atoms with Crippen LogP contribution in [0.5, 0.6) is 11.5 Å². The van der Waals surface area contributed by atoms with E-state index in [1.807, 2.05) is 0 Å². The summed E-state index contributed by atoms with van der Waals surface area (Å²) < 4.78 is 10.8. The molecule has 1 aliphatic heterocycles. The van der Waals surface area contributed by atoms with Crippen molar-refractivity contribution in [3.05, 3.63) is 59.0 Å². The number of thiocarbonyl (C=S) groups is 1. The molecule has 1 fully saturated rings. The van der Waals surface area contributed by atoms with E-state index in [4.69, 9.17) is 26.8 Å². The second-order valence-corrected chi connectivity index (χ2v) is 7.15. The highest BCUT2D eigenvalue weighted by Gasteiger charge is 2.33. The minimum Gasteiger partial charge on any atom is -0.497 e. The lowest BCUT2D eigenvalue weighted by Gasteiger charge is -2.15. The predicted octanol–water partition coefficient (Wildman–Crippen LogP) is 3.56. The van der Waals surface area contributed by atoms with Crippen LogP contribution in [-0.2, 0) is 9.59 Å². The minimum absolute atomic E-state index is 0.227. The largest absolute Gasteiger partial charge is 0.497 e. The summed E-state index contributed by atoms with van der Waals surface area (Å²) in [7, 11) is 1.56. The van der Waals surface area contributed by atoms with E-state index in [0.717, 1.165) is 0 Å².